The number of hydrogen-bond acceptors (Lipinski definition) is 7. The van der Waals surface area contributed by atoms with Gasteiger partial charge in [0, 0.05) is 12.1 Å². The molecule has 1 aromatic heterocycles. The molecule has 0 bridgehead atoms. The van der Waals surface area contributed by atoms with Crippen molar-refractivity contribution in [2.75, 3.05) is 31.9 Å². The lowest BCUT2D eigenvalue weighted by molar-refractivity contribution is -0.113. The zero-order chi connectivity index (χ0) is 22.2. The highest BCUT2D eigenvalue weighted by Crippen LogP contribution is 2.33. The second-order valence-electron chi connectivity index (χ2n) is 6.39. The molecule has 1 heterocycles. The van der Waals surface area contributed by atoms with E-state index in [0.29, 0.717) is 47.1 Å². The predicted molar refractivity (Wildman–Crippen MR) is 121 cm³/mol. The lowest BCUT2D eigenvalue weighted by Crippen LogP contribution is -2.15. The number of benzene rings is 2. The summed E-state index contributed by atoms with van der Waals surface area (Å²) in [4.78, 5) is 12.5. The van der Waals surface area contributed by atoms with Gasteiger partial charge in [0.05, 0.1) is 32.3 Å². The van der Waals surface area contributed by atoms with Gasteiger partial charge in [0.2, 0.25) is 5.91 Å². The van der Waals surface area contributed by atoms with Crippen molar-refractivity contribution < 1.29 is 19.0 Å². The summed E-state index contributed by atoms with van der Waals surface area (Å²) < 4.78 is 18.2. The lowest BCUT2D eigenvalue weighted by Gasteiger charge is -2.12. The van der Waals surface area contributed by atoms with E-state index in [9.17, 15) is 4.79 Å². The molecule has 2 aromatic carbocycles. The summed E-state index contributed by atoms with van der Waals surface area (Å²) in [6.45, 7) is 5.10. The summed E-state index contributed by atoms with van der Waals surface area (Å²) in [5.41, 5.74) is 1.51. The fourth-order valence-electron chi connectivity index (χ4n) is 3.04. The summed E-state index contributed by atoms with van der Waals surface area (Å²) in [6, 6.07) is 13.0. The van der Waals surface area contributed by atoms with Gasteiger partial charge in [0.15, 0.2) is 22.5 Å². The Bertz CT molecular complexity index is 1040. The first-order valence-electron chi connectivity index (χ1n) is 9.91. The Hall–Kier alpha value is -3.20. The summed E-state index contributed by atoms with van der Waals surface area (Å²) in [6.07, 6.45) is 0. The third kappa shape index (κ3) is 5.29. The van der Waals surface area contributed by atoms with Crippen molar-refractivity contribution in [1.82, 2.24) is 14.8 Å². The van der Waals surface area contributed by atoms with Crippen LogP contribution in [0, 0.1) is 0 Å². The van der Waals surface area contributed by atoms with Crippen molar-refractivity contribution >= 4 is 23.4 Å². The summed E-state index contributed by atoms with van der Waals surface area (Å²) in [5, 5.41) is 12.2. The molecule has 0 aliphatic heterocycles. The molecule has 1 N–H and O–H groups in total. The molecule has 0 unspecified atom stereocenters. The standard InChI is InChI=1S/C22H26N4O4S/c1-5-26-21(15-11-12-18(28-3)19(13-15)29-4)24-25-22(26)31-14-20(27)23-16-9-7-8-10-17(16)30-6-2/h7-13H,5-6,14H2,1-4H3,(H,23,27). The zero-order valence-electron chi connectivity index (χ0n) is 18.0. The third-order valence-corrected chi connectivity index (χ3v) is 5.43. The van der Waals surface area contributed by atoms with Crippen LogP contribution < -0.4 is 19.5 Å². The van der Waals surface area contributed by atoms with Gasteiger partial charge in [0.25, 0.3) is 0 Å². The summed E-state index contributed by atoms with van der Waals surface area (Å²) >= 11 is 1.33. The molecule has 0 aliphatic rings. The van der Waals surface area contributed by atoms with Crippen LogP contribution in [0.2, 0.25) is 0 Å². The SMILES string of the molecule is CCOc1ccccc1NC(=O)CSc1nnc(-c2ccc(OC)c(OC)c2)n1CC. The molecule has 1 amide bonds. The highest BCUT2D eigenvalue weighted by atomic mass is 32.2. The fraction of sp³-hybridized carbons (Fsp3) is 0.318. The smallest absolute Gasteiger partial charge is 0.234 e. The monoisotopic (exact) mass is 442 g/mol. The second-order valence-corrected chi connectivity index (χ2v) is 7.33. The highest BCUT2D eigenvalue weighted by molar-refractivity contribution is 7.99. The number of rotatable bonds is 10. The molecular weight excluding hydrogens is 416 g/mol. The molecule has 0 spiro atoms. The van der Waals surface area contributed by atoms with Crippen molar-refractivity contribution in [2.45, 2.75) is 25.5 Å². The molecule has 0 fully saturated rings. The first-order valence-corrected chi connectivity index (χ1v) is 10.9. The van der Waals surface area contributed by atoms with Crippen molar-refractivity contribution in [3.8, 4) is 28.6 Å². The molecule has 9 heteroatoms. The minimum absolute atomic E-state index is 0.143. The number of methoxy groups -OCH3 is 2. The quantitative estimate of drug-likeness (QED) is 0.473. The van der Waals surface area contributed by atoms with Crippen LogP contribution >= 0.6 is 11.8 Å². The normalized spacial score (nSPS) is 10.6. The first kappa shape index (κ1) is 22.5. The number of carbonyl (C=O) groups excluding carboxylic acids is 1. The van der Waals surface area contributed by atoms with Crippen molar-refractivity contribution in [2.24, 2.45) is 0 Å². The Morgan fingerprint density at radius 3 is 2.52 bits per heavy atom. The first-order chi connectivity index (χ1) is 15.1. The Kier molecular flexibility index (Phi) is 7.77. The van der Waals surface area contributed by atoms with Crippen LogP contribution in [0.25, 0.3) is 11.4 Å². The number of anilines is 1. The maximum Gasteiger partial charge on any atom is 0.234 e. The van der Waals surface area contributed by atoms with Crippen LogP contribution in [-0.2, 0) is 11.3 Å². The van der Waals surface area contributed by atoms with E-state index in [1.165, 1.54) is 11.8 Å². The maximum absolute atomic E-state index is 12.5. The Morgan fingerprint density at radius 1 is 1.03 bits per heavy atom. The highest BCUT2D eigenvalue weighted by Gasteiger charge is 2.17. The van der Waals surface area contributed by atoms with E-state index in [1.54, 1.807) is 14.2 Å². The van der Waals surface area contributed by atoms with Crippen LogP contribution in [0.15, 0.2) is 47.6 Å². The molecule has 0 saturated heterocycles. The van der Waals surface area contributed by atoms with Gasteiger partial charge in [-0.1, -0.05) is 23.9 Å². The number of carbonyl (C=O) groups is 1. The number of hydrogen-bond donors (Lipinski definition) is 1. The Morgan fingerprint density at radius 2 is 1.81 bits per heavy atom. The van der Waals surface area contributed by atoms with E-state index < -0.39 is 0 Å². The fourth-order valence-corrected chi connectivity index (χ4v) is 3.84. The van der Waals surface area contributed by atoms with E-state index in [4.69, 9.17) is 14.2 Å². The molecule has 0 atom stereocenters. The molecule has 3 aromatic rings. The molecule has 0 radical (unpaired) electrons. The molecule has 0 saturated carbocycles. The predicted octanol–water partition coefficient (Wildman–Crippen LogP) is 4.11. The molecule has 31 heavy (non-hydrogen) atoms. The number of nitrogens with zero attached hydrogens (tertiary/aromatic N) is 3. The Labute approximate surface area is 185 Å². The van der Waals surface area contributed by atoms with Gasteiger partial charge in [-0.2, -0.15) is 0 Å². The number of nitrogens with one attached hydrogen (secondary N) is 1. The summed E-state index contributed by atoms with van der Waals surface area (Å²) in [7, 11) is 3.19. The van der Waals surface area contributed by atoms with Gasteiger partial charge >= 0.3 is 0 Å². The topological polar surface area (TPSA) is 87.5 Å². The van der Waals surface area contributed by atoms with Gasteiger partial charge in [-0.05, 0) is 44.2 Å². The van der Waals surface area contributed by atoms with Gasteiger partial charge in [-0.25, -0.2) is 0 Å². The van der Waals surface area contributed by atoms with Crippen LogP contribution in [0.1, 0.15) is 13.8 Å². The average Bonchev–Trinajstić information content (AvgIpc) is 3.21. The van der Waals surface area contributed by atoms with E-state index in [-0.39, 0.29) is 11.7 Å². The van der Waals surface area contributed by atoms with E-state index >= 15 is 0 Å². The van der Waals surface area contributed by atoms with Crippen molar-refractivity contribution in [1.29, 1.82) is 0 Å². The second kappa shape index (κ2) is 10.7. The van der Waals surface area contributed by atoms with Gasteiger partial charge in [-0.15, -0.1) is 10.2 Å². The minimum Gasteiger partial charge on any atom is -0.493 e. The number of ether oxygens (including phenoxy) is 3. The average molecular weight is 443 g/mol. The van der Waals surface area contributed by atoms with Gasteiger partial charge in [0.1, 0.15) is 5.75 Å². The maximum atomic E-state index is 12.5. The minimum atomic E-state index is -0.143. The number of aromatic nitrogens is 3. The molecular formula is C22H26N4O4S. The zero-order valence-corrected chi connectivity index (χ0v) is 18.9. The number of para-hydroxylation sites is 2. The van der Waals surface area contributed by atoms with E-state index in [1.807, 2.05) is 60.9 Å². The van der Waals surface area contributed by atoms with Gasteiger partial charge in [-0.3, -0.25) is 4.79 Å². The molecule has 0 aliphatic carbocycles. The van der Waals surface area contributed by atoms with E-state index in [0.717, 1.165) is 5.56 Å². The Balaban J connectivity index is 1.72. The number of amides is 1. The molecule has 8 nitrogen and oxygen atoms in total. The van der Waals surface area contributed by atoms with Crippen LogP contribution in [-0.4, -0.2) is 47.3 Å². The number of thioether (sulfide) groups is 1. The van der Waals surface area contributed by atoms with Crippen LogP contribution in [0.3, 0.4) is 0 Å². The van der Waals surface area contributed by atoms with Crippen LogP contribution in [0.4, 0.5) is 5.69 Å². The third-order valence-electron chi connectivity index (χ3n) is 4.47. The summed E-state index contributed by atoms with van der Waals surface area (Å²) in [5.74, 6) is 2.67. The lowest BCUT2D eigenvalue weighted by atomic mass is 10.2. The van der Waals surface area contributed by atoms with Crippen molar-refractivity contribution in [3.63, 3.8) is 0 Å². The van der Waals surface area contributed by atoms with Crippen LogP contribution in [0.5, 0.6) is 17.2 Å². The van der Waals surface area contributed by atoms with E-state index in [2.05, 4.69) is 15.5 Å². The van der Waals surface area contributed by atoms with Crippen molar-refractivity contribution in [3.05, 3.63) is 42.5 Å². The molecule has 164 valence electrons. The largest absolute Gasteiger partial charge is 0.493 e. The van der Waals surface area contributed by atoms with Gasteiger partial charge < -0.3 is 24.1 Å². The molecule has 3 rings (SSSR count).